The Balaban J connectivity index is -0.000000187. The molecule has 2 N–H and O–H groups in total. The van der Waals surface area contributed by atoms with Gasteiger partial charge in [0.1, 0.15) is 11.2 Å². The van der Waals surface area contributed by atoms with Crippen LogP contribution in [0.1, 0.15) is 57.4 Å². The third-order valence-electron chi connectivity index (χ3n) is 1.77. The molecule has 20 heavy (non-hydrogen) atoms. The van der Waals surface area contributed by atoms with Gasteiger partial charge in [0, 0.05) is 0 Å². The molecule has 0 rings (SSSR count). The van der Waals surface area contributed by atoms with E-state index in [0.717, 1.165) is 0 Å². The Bertz CT molecular complexity index is 225. The number of aliphatic hydroxyl groups excluding tert-OH is 2. The predicted octanol–water partition coefficient (Wildman–Crippen LogP) is 3.11. The summed E-state index contributed by atoms with van der Waals surface area (Å²) < 4.78 is 10.7. The van der Waals surface area contributed by atoms with Gasteiger partial charge in [0.05, 0.1) is 26.4 Å². The van der Waals surface area contributed by atoms with Crippen LogP contribution < -0.4 is 0 Å². The molecule has 0 aromatic rings. The molecule has 0 aliphatic carbocycles. The van der Waals surface area contributed by atoms with Crippen LogP contribution in [0.5, 0.6) is 0 Å². The molecule has 0 radical (unpaired) electrons. The fourth-order valence-corrected chi connectivity index (χ4v) is 0.975. The molecule has 0 aromatic carbocycles. The Morgan fingerprint density at radius 1 is 0.700 bits per heavy atom. The Kier molecular flexibility index (Phi) is 23.4. The van der Waals surface area contributed by atoms with Crippen molar-refractivity contribution in [2.45, 2.75) is 68.6 Å². The first-order valence-corrected chi connectivity index (χ1v) is 5.37. The Labute approximate surface area is 127 Å². The van der Waals surface area contributed by atoms with Crippen molar-refractivity contribution < 1.29 is 19.7 Å². The van der Waals surface area contributed by atoms with Crippen LogP contribution in [-0.2, 0) is 9.47 Å². The number of hydrogen-bond acceptors (Lipinski definition) is 4. The summed E-state index contributed by atoms with van der Waals surface area (Å²) in [4.78, 5) is 0. The van der Waals surface area contributed by atoms with Crippen molar-refractivity contribution in [3.8, 4) is 11.8 Å². The lowest BCUT2D eigenvalue weighted by atomic mass is 10.1. The zero-order chi connectivity index (χ0) is 12.7. The van der Waals surface area contributed by atoms with Crippen molar-refractivity contribution in [3.05, 3.63) is 0 Å². The lowest BCUT2D eigenvalue weighted by Crippen LogP contribution is -2.28. The maximum Gasteiger partial charge on any atom is 0.123 e. The van der Waals surface area contributed by atoms with Crippen molar-refractivity contribution >= 4 is 0 Å². The lowest BCUT2D eigenvalue weighted by molar-refractivity contribution is -0.00121. The van der Waals surface area contributed by atoms with Gasteiger partial charge in [0.15, 0.2) is 0 Å². The first-order valence-electron chi connectivity index (χ1n) is 5.37. The molecule has 126 valence electrons. The van der Waals surface area contributed by atoms with E-state index in [2.05, 4.69) is 11.8 Å². The molecule has 0 saturated carbocycles. The molecule has 0 fully saturated rings. The van der Waals surface area contributed by atoms with E-state index in [4.69, 9.17) is 19.7 Å². The van der Waals surface area contributed by atoms with E-state index in [1.807, 2.05) is 27.7 Å². The largest absolute Gasteiger partial charge is 0.394 e. The Morgan fingerprint density at radius 3 is 1.15 bits per heavy atom. The summed E-state index contributed by atoms with van der Waals surface area (Å²) in [6.07, 6.45) is 0. The van der Waals surface area contributed by atoms with Gasteiger partial charge in [-0.3, -0.25) is 0 Å². The molecule has 0 unspecified atom stereocenters. The Morgan fingerprint density at radius 2 is 0.950 bits per heavy atom. The maximum atomic E-state index is 8.65. The molecule has 0 aromatic heterocycles. The predicted molar refractivity (Wildman–Crippen MR) is 88.9 cm³/mol. The van der Waals surface area contributed by atoms with Gasteiger partial charge in [-0.15, -0.1) is 0 Å². The molecule has 0 spiro atoms. The third-order valence-corrected chi connectivity index (χ3v) is 1.77. The van der Waals surface area contributed by atoms with E-state index in [1.54, 1.807) is 0 Å². The average Bonchev–Trinajstić information content (AvgIpc) is 2.22. The maximum absolute atomic E-state index is 8.65. The van der Waals surface area contributed by atoms with E-state index in [9.17, 15) is 0 Å². The molecule has 0 aliphatic rings. The van der Waals surface area contributed by atoms with E-state index in [1.165, 1.54) is 0 Å². The van der Waals surface area contributed by atoms with Gasteiger partial charge in [0.2, 0.25) is 0 Å². The summed E-state index contributed by atoms with van der Waals surface area (Å²) in [5.74, 6) is 5.91. The molecule has 0 saturated heterocycles. The van der Waals surface area contributed by atoms with Crippen LogP contribution in [-0.4, -0.2) is 47.8 Å². The second-order valence-electron chi connectivity index (χ2n) is 4.41. The standard InChI is InChI=1S/C12H22O4.4CH4/c1-11(2,15-9-7-13)5-6-12(3,4)16-10-8-14;;;;/h13-14H,7-10H2,1-4H3;4*1H4. The zero-order valence-corrected chi connectivity index (χ0v) is 10.5. The van der Waals surface area contributed by atoms with E-state index >= 15 is 0 Å². The second-order valence-corrected chi connectivity index (χ2v) is 4.41. The molecular formula is C16H38O4. The minimum absolute atomic E-state index is 0. The van der Waals surface area contributed by atoms with E-state index in [0.29, 0.717) is 0 Å². The molecule has 0 heterocycles. The van der Waals surface area contributed by atoms with Gasteiger partial charge in [0.25, 0.3) is 0 Å². The van der Waals surface area contributed by atoms with Gasteiger partial charge in [-0.2, -0.15) is 0 Å². The topological polar surface area (TPSA) is 58.9 Å². The molecular weight excluding hydrogens is 256 g/mol. The summed E-state index contributed by atoms with van der Waals surface area (Å²) in [7, 11) is 0. The van der Waals surface area contributed by atoms with Gasteiger partial charge in [-0.05, 0) is 27.7 Å². The summed E-state index contributed by atoms with van der Waals surface area (Å²) in [6, 6.07) is 0. The van der Waals surface area contributed by atoms with Crippen LogP contribution in [0.2, 0.25) is 0 Å². The minimum Gasteiger partial charge on any atom is -0.394 e. The van der Waals surface area contributed by atoms with Gasteiger partial charge in [-0.1, -0.05) is 41.5 Å². The Hall–Kier alpha value is -0.600. The van der Waals surface area contributed by atoms with Crippen LogP contribution in [0, 0.1) is 11.8 Å². The highest BCUT2D eigenvalue weighted by Gasteiger charge is 2.18. The summed E-state index contributed by atoms with van der Waals surface area (Å²) >= 11 is 0. The number of hydrogen-bond donors (Lipinski definition) is 2. The highest BCUT2D eigenvalue weighted by Crippen LogP contribution is 2.11. The fourth-order valence-electron chi connectivity index (χ4n) is 0.975. The van der Waals surface area contributed by atoms with Crippen molar-refractivity contribution in [2.75, 3.05) is 26.4 Å². The average molecular weight is 294 g/mol. The van der Waals surface area contributed by atoms with Crippen LogP contribution >= 0.6 is 0 Å². The smallest absolute Gasteiger partial charge is 0.123 e. The molecule has 0 aliphatic heterocycles. The first kappa shape index (κ1) is 31.7. The SMILES string of the molecule is C.C.C.C.CC(C)(C#CC(C)(C)OCCO)OCCO. The van der Waals surface area contributed by atoms with Crippen molar-refractivity contribution in [2.24, 2.45) is 0 Å². The quantitative estimate of drug-likeness (QED) is 0.739. The van der Waals surface area contributed by atoms with Gasteiger partial charge in [-0.25, -0.2) is 0 Å². The summed E-state index contributed by atoms with van der Waals surface area (Å²) in [5, 5.41) is 17.3. The molecule has 0 bridgehead atoms. The molecule has 0 amide bonds. The fraction of sp³-hybridized carbons (Fsp3) is 0.875. The van der Waals surface area contributed by atoms with Gasteiger partial charge < -0.3 is 19.7 Å². The molecule has 4 nitrogen and oxygen atoms in total. The first-order chi connectivity index (χ1) is 7.33. The molecule has 4 heteroatoms. The van der Waals surface area contributed by atoms with Crippen LogP contribution in [0.15, 0.2) is 0 Å². The van der Waals surface area contributed by atoms with Crippen molar-refractivity contribution in [1.82, 2.24) is 0 Å². The lowest BCUT2D eigenvalue weighted by Gasteiger charge is -2.21. The third kappa shape index (κ3) is 17.4. The van der Waals surface area contributed by atoms with E-state index in [-0.39, 0.29) is 56.1 Å². The monoisotopic (exact) mass is 294 g/mol. The summed E-state index contributed by atoms with van der Waals surface area (Å²) in [6.45, 7) is 7.81. The second kappa shape index (κ2) is 14.8. The zero-order valence-electron chi connectivity index (χ0n) is 10.5. The van der Waals surface area contributed by atoms with E-state index < -0.39 is 11.2 Å². The highest BCUT2D eigenvalue weighted by atomic mass is 16.5. The van der Waals surface area contributed by atoms with Crippen LogP contribution in [0.25, 0.3) is 0 Å². The van der Waals surface area contributed by atoms with Crippen molar-refractivity contribution in [1.29, 1.82) is 0 Å². The number of aliphatic hydroxyl groups is 2. The summed E-state index contributed by atoms with van der Waals surface area (Å²) in [5.41, 5.74) is -1.22. The number of rotatable bonds is 6. The van der Waals surface area contributed by atoms with Crippen molar-refractivity contribution in [3.63, 3.8) is 0 Å². The number of ether oxygens (including phenoxy) is 2. The highest BCUT2D eigenvalue weighted by molar-refractivity contribution is 5.18. The minimum atomic E-state index is -0.609. The van der Waals surface area contributed by atoms with Gasteiger partial charge >= 0.3 is 0 Å². The van der Waals surface area contributed by atoms with Crippen LogP contribution in [0.4, 0.5) is 0 Å². The van der Waals surface area contributed by atoms with Crippen LogP contribution in [0.3, 0.4) is 0 Å². The molecule has 0 atom stereocenters. The normalized spacial score (nSPS) is 9.70.